The lowest BCUT2D eigenvalue weighted by Crippen LogP contribution is -2.44. The molecule has 1 rings (SSSR count). The molecule has 4 N–H and O–H groups in total. The van der Waals surface area contributed by atoms with Gasteiger partial charge in [0.15, 0.2) is 0 Å². The Bertz CT molecular complexity index is 487. The zero-order chi connectivity index (χ0) is 13.9. The number of alkyl halides is 3. The predicted molar refractivity (Wildman–Crippen MR) is 51.6 cm³/mol. The summed E-state index contributed by atoms with van der Waals surface area (Å²) in [6.45, 7) is 0. The van der Waals surface area contributed by atoms with Gasteiger partial charge in [-0.05, 0) is 18.2 Å². The molecule has 0 heterocycles. The van der Waals surface area contributed by atoms with E-state index in [2.05, 4.69) is 5.73 Å². The Morgan fingerprint density at radius 3 is 2.22 bits per heavy atom. The summed E-state index contributed by atoms with van der Waals surface area (Å²) in [5, 5.41) is 0. The maximum atomic E-state index is 12.9. The number of hydrogen-bond donors (Lipinski definition) is 3. The van der Waals surface area contributed by atoms with Crippen LogP contribution in [0.3, 0.4) is 0 Å². The third-order valence-electron chi connectivity index (χ3n) is 1.79. The van der Waals surface area contributed by atoms with Gasteiger partial charge in [0.1, 0.15) is 5.82 Å². The molecule has 0 saturated carbocycles. The van der Waals surface area contributed by atoms with E-state index in [0.29, 0.717) is 12.1 Å². The molecule has 0 aromatic heterocycles. The number of nitrogens with two attached hydrogens (primary N) is 1. The van der Waals surface area contributed by atoms with Crippen LogP contribution < -0.4 is 16.6 Å². The molecule has 0 atom stereocenters. The molecule has 0 unspecified atom stereocenters. The van der Waals surface area contributed by atoms with Crippen molar-refractivity contribution in [2.75, 3.05) is 0 Å². The number of amides is 3. The van der Waals surface area contributed by atoms with Crippen molar-refractivity contribution in [2.24, 2.45) is 5.73 Å². The summed E-state index contributed by atoms with van der Waals surface area (Å²) >= 11 is 0. The zero-order valence-electron chi connectivity index (χ0n) is 8.64. The highest BCUT2D eigenvalue weighted by atomic mass is 19.4. The van der Waals surface area contributed by atoms with Crippen LogP contribution in [0.2, 0.25) is 0 Å². The van der Waals surface area contributed by atoms with E-state index in [4.69, 9.17) is 0 Å². The monoisotopic (exact) mass is 265 g/mol. The van der Waals surface area contributed by atoms with Gasteiger partial charge >= 0.3 is 12.2 Å². The van der Waals surface area contributed by atoms with Gasteiger partial charge in [0.05, 0.1) is 5.56 Å². The van der Waals surface area contributed by atoms with E-state index in [1.165, 1.54) is 0 Å². The molecule has 0 aliphatic rings. The molecule has 18 heavy (non-hydrogen) atoms. The number of hydrazine groups is 1. The number of rotatable bonds is 1. The molecule has 1 aromatic rings. The van der Waals surface area contributed by atoms with Gasteiger partial charge in [-0.2, -0.15) is 13.2 Å². The summed E-state index contributed by atoms with van der Waals surface area (Å²) in [6, 6.07) is 0.169. The van der Waals surface area contributed by atoms with E-state index in [1.54, 1.807) is 10.9 Å². The number of nitrogens with one attached hydrogen (secondary N) is 2. The van der Waals surface area contributed by atoms with Crippen molar-refractivity contribution in [3.8, 4) is 0 Å². The van der Waals surface area contributed by atoms with Crippen molar-refractivity contribution in [1.29, 1.82) is 0 Å². The van der Waals surface area contributed by atoms with Crippen LogP contribution in [0.1, 0.15) is 15.9 Å². The second kappa shape index (κ2) is 4.90. The zero-order valence-corrected chi connectivity index (χ0v) is 8.64. The first kappa shape index (κ1) is 13.7. The highest BCUT2D eigenvalue weighted by molar-refractivity contribution is 5.95. The van der Waals surface area contributed by atoms with E-state index >= 15 is 0 Å². The van der Waals surface area contributed by atoms with E-state index in [1.807, 2.05) is 0 Å². The van der Waals surface area contributed by atoms with Crippen molar-refractivity contribution in [1.82, 2.24) is 10.9 Å². The van der Waals surface area contributed by atoms with Gasteiger partial charge < -0.3 is 5.73 Å². The van der Waals surface area contributed by atoms with Crippen molar-refractivity contribution in [3.63, 3.8) is 0 Å². The number of halogens is 4. The number of urea groups is 1. The molecule has 0 bridgehead atoms. The SMILES string of the molecule is NC(=O)NNC(=O)c1cc(F)cc(C(F)(F)F)c1. The molecule has 98 valence electrons. The molecule has 5 nitrogen and oxygen atoms in total. The average molecular weight is 265 g/mol. The minimum absolute atomic E-state index is 0.248. The molecule has 0 aliphatic heterocycles. The summed E-state index contributed by atoms with van der Waals surface area (Å²) < 4.78 is 49.9. The third kappa shape index (κ3) is 3.61. The molecule has 9 heteroatoms. The van der Waals surface area contributed by atoms with Crippen LogP contribution in [0.5, 0.6) is 0 Å². The van der Waals surface area contributed by atoms with Crippen LogP contribution in [0, 0.1) is 5.82 Å². The highest BCUT2D eigenvalue weighted by Crippen LogP contribution is 2.30. The maximum absolute atomic E-state index is 12.9. The van der Waals surface area contributed by atoms with E-state index in [0.717, 1.165) is 0 Å². The summed E-state index contributed by atoms with van der Waals surface area (Å²) in [5.41, 5.74) is 6.08. The Hall–Kier alpha value is -2.32. The molecule has 3 amide bonds. The Morgan fingerprint density at radius 1 is 1.11 bits per heavy atom. The fraction of sp³-hybridized carbons (Fsp3) is 0.111. The van der Waals surface area contributed by atoms with Gasteiger partial charge in [-0.3, -0.25) is 10.2 Å². The van der Waals surface area contributed by atoms with Crippen molar-refractivity contribution < 1.29 is 27.2 Å². The first-order valence-corrected chi connectivity index (χ1v) is 4.43. The Kier molecular flexibility index (Phi) is 3.74. The van der Waals surface area contributed by atoms with E-state index in [9.17, 15) is 27.2 Å². The van der Waals surface area contributed by atoms with Gasteiger partial charge in [-0.1, -0.05) is 0 Å². The smallest absolute Gasteiger partial charge is 0.350 e. The number of carbonyl (C=O) groups excluding carboxylic acids is 2. The Labute approximate surface area is 97.9 Å². The number of benzene rings is 1. The molecule has 1 aromatic carbocycles. The normalized spacial score (nSPS) is 10.9. The van der Waals surface area contributed by atoms with Gasteiger partial charge in [0, 0.05) is 5.56 Å². The molecular weight excluding hydrogens is 258 g/mol. The molecule has 0 fully saturated rings. The lowest BCUT2D eigenvalue weighted by molar-refractivity contribution is -0.137. The summed E-state index contributed by atoms with van der Waals surface area (Å²) in [6.07, 6.45) is -4.78. The highest BCUT2D eigenvalue weighted by Gasteiger charge is 2.32. The van der Waals surface area contributed by atoms with Crippen molar-refractivity contribution in [2.45, 2.75) is 6.18 Å². The van der Waals surface area contributed by atoms with Crippen molar-refractivity contribution in [3.05, 3.63) is 35.1 Å². The lowest BCUT2D eigenvalue weighted by atomic mass is 10.1. The van der Waals surface area contributed by atoms with Crippen LogP contribution in [-0.2, 0) is 6.18 Å². The summed E-state index contributed by atoms with van der Waals surface area (Å²) in [7, 11) is 0. The van der Waals surface area contributed by atoms with E-state index < -0.39 is 35.1 Å². The molecule has 0 aliphatic carbocycles. The third-order valence-corrected chi connectivity index (χ3v) is 1.79. The second-order valence-electron chi connectivity index (χ2n) is 3.17. The average Bonchev–Trinajstić information content (AvgIpc) is 2.23. The van der Waals surface area contributed by atoms with Crippen LogP contribution in [0.15, 0.2) is 18.2 Å². The first-order valence-electron chi connectivity index (χ1n) is 4.43. The number of hydrogen-bond acceptors (Lipinski definition) is 2. The quantitative estimate of drug-likeness (QED) is 0.525. The minimum atomic E-state index is -4.78. The fourth-order valence-corrected chi connectivity index (χ4v) is 1.07. The van der Waals surface area contributed by atoms with Crippen molar-refractivity contribution >= 4 is 11.9 Å². The minimum Gasteiger partial charge on any atom is -0.350 e. The van der Waals surface area contributed by atoms with E-state index in [-0.39, 0.29) is 6.07 Å². The lowest BCUT2D eigenvalue weighted by Gasteiger charge is -2.09. The topological polar surface area (TPSA) is 84.2 Å². The van der Waals surface area contributed by atoms with Crippen LogP contribution in [-0.4, -0.2) is 11.9 Å². The number of primary amides is 1. The number of carbonyl (C=O) groups is 2. The summed E-state index contributed by atoms with van der Waals surface area (Å²) in [4.78, 5) is 21.5. The van der Waals surface area contributed by atoms with Crippen LogP contribution in [0.25, 0.3) is 0 Å². The standard InChI is InChI=1S/C9H7F4N3O2/c10-6-2-4(7(17)15-16-8(14)18)1-5(3-6)9(11,12)13/h1-3H,(H,15,17)(H3,14,16,18). The predicted octanol–water partition coefficient (Wildman–Crippen LogP) is 1.16. The first-order chi connectivity index (χ1) is 8.20. The largest absolute Gasteiger partial charge is 0.416 e. The summed E-state index contributed by atoms with van der Waals surface area (Å²) in [5.74, 6) is -2.35. The van der Waals surface area contributed by atoms with Gasteiger partial charge in [-0.15, -0.1) is 0 Å². The molecule has 0 spiro atoms. The van der Waals surface area contributed by atoms with Gasteiger partial charge in [0.25, 0.3) is 5.91 Å². The molecular formula is C9H7F4N3O2. The molecule has 0 saturated heterocycles. The maximum Gasteiger partial charge on any atom is 0.416 e. The second-order valence-corrected chi connectivity index (χ2v) is 3.17. The van der Waals surface area contributed by atoms with Gasteiger partial charge in [-0.25, -0.2) is 14.6 Å². The Balaban J connectivity index is 2.99. The fourth-order valence-electron chi connectivity index (χ4n) is 1.07. The molecule has 0 radical (unpaired) electrons. The van der Waals surface area contributed by atoms with Crippen LogP contribution in [0.4, 0.5) is 22.4 Å². The van der Waals surface area contributed by atoms with Crippen LogP contribution >= 0.6 is 0 Å². The Morgan fingerprint density at radius 2 is 1.72 bits per heavy atom. The van der Waals surface area contributed by atoms with Gasteiger partial charge in [0.2, 0.25) is 0 Å².